The predicted molar refractivity (Wildman–Crippen MR) is 97.7 cm³/mol. The Bertz CT molecular complexity index is 1000. The van der Waals surface area contributed by atoms with Crippen molar-refractivity contribution in [3.05, 3.63) is 78.6 Å². The van der Waals surface area contributed by atoms with Crippen LogP contribution < -0.4 is 4.65 Å². The molecule has 2 N–H and O–H groups in total. The third-order valence-electron chi connectivity index (χ3n) is 4.24. The largest absolute Gasteiger partial charge is 0.707 e. The lowest BCUT2D eigenvalue weighted by atomic mass is 9.91. The molecule has 0 heterocycles. The van der Waals surface area contributed by atoms with E-state index >= 15 is 0 Å². The zero-order chi connectivity index (χ0) is 17.4. The molecule has 0 aromatic heterocycles. The lowest BCUT2D eigenvalue weighted by Crippen LogP contribution is -2.21. The molecule has 0 bridgehead atoms. The summed E-state index contributed by atoms with van der Waals surface area (Å²) in [6.45, 7) is 0. The van der Waals surface area contributed by atoms with E-state index < -0.39 is 7.32 Å². The molecule has 0 aliphatic heterocycles. The normalized spacial score (nSPS) is 11.0. The molecule has 4 aromatic rings. The molecular formula is C20H14BFO3. The Labute approximate surface area is 144 Å². The molecule has 0 radical (unpaired) electrons. The van der Waals surface area contributed by atoms with E-state index in [4.69, 9.17) is 4.65 Å². The van der Waals surface area contributed by atoms with Crippen LogP contribution in [0.3, 0.4) is 0 Å². The first-order valence-corrected chi connectivity index (χ1v) is 7.87. The van der Waals surface area contributed by atoms with Gasteiger partial charge in [-0.05, 0) is 34.0 Å². The summed E-state index contributed by atoms with van der Waals surface area (Å²) in [6, 6.07) is 21.5. The molecule has 25 heavy (non-hydrogen) atoms. The Morgan fingerprint density at radius 2 is 1.16 bits per heavy atom. The van der Waals surface area contributed by atoms with E-state index in [1.165, 1.54) is 12.1 Å². The minimum Gasteiger partial charge on any atom is -0.511 e. The topological polar surface area (TPSA) is 49.7 Å². The highest BCUT2D eigenvalue weighted by Gasteiger charge is 2.20. The number of hydrogen-bond acceptors (Lipinski definition) is 3. The summed E-state index contributed by atoms with van der Waals surface area (Å²) in [5, 5.41) is 22.0. The molecule has 0 aliphatic rings. The average molecular weight is 332 g/mol. The van der Waals surface area contributed by atoms with Crippen LogP contribution in [0.15, 0.2) is 72.8 Å². The third-order valence-corrected chi connectivity index (χ3v) is 4.24. The highest BCUT2D eigenvalue weighted by atomic mass is 19.1. The van der Waals surface area contributed by atoms with Gasteiger partial charge in [-0.15, -0.1) is 0 Å². The van der Waals surface area contributed by atoms with Crippen LogP contribution in [0.4, 0.5) is 4.39 Å². The van der Waals surface area contributed by atoms with Gasteiger partial charge in [0.15, 0.2) is 0 Å². The van der Waals surface area contributed by atoms with E-state index in [0.29, 0.717) is 5.75 Å². The molecule has 4 rings (SSSR count). The van der Waals surface area contributed by atoms with E-state index in [2.05, 4.69) is 0 Å². The van der Waals surface area contributed by atoms with Crippen molar-refractivity contribution in [2.24, 2.45) is 0 Å². The van der Waals surface area contributed by atoms with E-state index in [1.54, 1.807) is 12.1 Å². The fourth-order valence-electron chi connectivity index (χ4n) is 3.25. The summed E-state index contributed by atoms with van der Waals surface area (Å²) in [5.41, 5.74) is 1.83. The van der Waals surface area contributed by atoms with Crippen LogP contribution in [0.2, 0.25) is 0 Å². The van der Waals surface area contributed by atoms with Crippen LogP contribution in [-0.4, -0.2) is 17.4 Å². The first-order chi connectivity index (χ1) is 12.1. The van der Waals surface area contributed by atoms with E-state index in [9.17, 15) is 14.4 Å². The Kier molecular flexibility index (Phi) is 3.88. The smallest absolute Gasteiger partial charge is 0.511 e. The van der Waals surface area contributed by atoms with Crippen LogP contribution >= 0.6 is 0 Å². The molecule has 0 saturated carbocycles. The van der Waals surface area contributed by atoms with Crippen molar-refractivity contribution in [2.75, 3.05) is 0 Å². The standard InChI is InChI=1S/C20H14BFO3/c22-14-11-9-13(10-12-14)19-15-5-1-3-7-17(15)20(25-21(23)24)18-8-4-2-6-16(18)19/h1-12,23-24H. The van der Waals surface area contributed by atoms with E-state index in [1.807, 2.05) is 48.5 Å². The van der Waals surface area contributed by atoms with Crippen LogP contribution in [0, 0.1) is 5.82 Å². The Morgan fingerprint density at radius 1 is 0.680 bits per heavy atom. The fourth-order valence-corrected chi connectivity index (χ4v) is 3.25. The van der Waals surface area contributed by atoms with Crippen LogP contribution in [0.1, 0.15) is 0 Å². The lowest BCUT2D eigenvalue weighted by Gasteiger charge is -2.17. The molecule has 0 spiro atoms. The molecule has 5 heteroatoms. The first kappa shape index (κ1) is 15.6. The SMILES string of the molecule is OB(O)Oc1c2ccccc2c(-c2ccc(F)cc2)c2ccccc12. The van der Waals surface area contributed by atoms with E-state index in [0.717, 1.165) is 32.7 Å². The summed E-state index contributed by atoms with van der Waals surface area (Å²) < 4.78 is 18.7. The summed E-state index contributed by atoms with van der Waals surface area (Å²) in [7, 11) is -1.91. The van der Waals surface area contributed by atoms with Gasteiger partial charge in [0.1, 0.15) is 11.6 Å². The van der Waals surface area contributed by atoms with Gasteiger partial charge < -0.3 is 14.7 Å². The zero-order valence-corrected chi connectivity index (χ0v) is 13.2. The Balaban J connectivity index is 2.16. The minimum absolute atomic E-state index is 0.291. The fraction of sp³-hybridized carbons (Fsp3) is 0. The van der Waals surface area contributed by atoms with Gasteiger partial charge in [-0.25, -0.2) is 4.39 Å². The molecule has 0 amide bonds. The number of fused-ring (bicyclic) bond motifs is 2. The molecule has 122 valence electrons. The van der Waals surface area contributed by atoms with Crippen molar-refractivity contribution in [2.45, 2.75) is 0 Å². The van der Waals surface area contributed by atoms with Crippen molar-refractivity contribution in [1.82, 2.24) is 0 Å². The summed E-state index contributed by atoms with van der Waals surface area (Å²) >= 11 is 0. The molecule has 0 unspecified atom stereocenters. The van der Waals surface area contributed by atoms with Crippen molar-refractivity contribution in [3.8, 4) is 16.9 Å². The molecule has 0 saturated heterocycles. The van der Waals surface area contributed by atoms with Gasteiger partial charge in [-0.3, -0.25) is 0 Å². The number of benzene rings is 4. The minimum atomic E-state index is -1.91. The number of halogens is 1. The van der Waals surface area contributed by atoms with Gasteiger partial charge in [0.25, 0.3) is 0 Å². The van der Waals surface area contributed by atoms with E-state index in [-0.39, 0.29) is 5.82 Å². The van der Waals surface area contributed by atoms with Crippen molar-refractivity contribution < 1.29 is 19.1 Å². The second kappa shape index (κ2) is 6.20. The quantitative estimate of drug-likeness (QED) is 0.438. The average Bonchev–Trinajstić information content (AvgIpc) is 2.62. The number of rotatable bonds is 3. The van der Waals surface area contributed by atoms with Crippen molar-refractivity contribution in [1.29, 1.82) is 0 Å². The molecule has 4 aromatic carbocycles. The maximum Gasteiger partial charge on any atom is 0.707 e. The predicted octanol–water partition coefficient (Wildman–Crippen LogP) is 4.15. The summed E-state index contributed by atoms with van der Waals surface area (Å²) in [5.74, 6) is 0.118. The van der Waals surface area contributed by atoms with Gasteiger partial charge in [-0.2, -0.15) is 0 Å². The van der Waals surface area contributed by atoms with Gasteiger partial charge in [0.05, 0.1) is 0 Å². The number of hydrogen-bond donors (Lipinski definition) is 2. The van der Waals surface area contributed by atoms with Gasteiger partial charge >= 0.3 is 7.32 Å². The lowest BCUT2D eigenvalue weighted by molar-refractivity contribution is 0.291. The molecule has 0 atom stereocenters. The van der Waals surface area contributed by atoms with Crippen LogP contribution in [0.5, 0.6) is 5.75 Å². The highest BCUT2D eigenvalue weighted by Crippen LogP contribution is 2.43. The van der Waals surface area contributed by atoms with Gasteiger partial charge in [0.2, 0.25) is 0 Å². The second-order valence-electron chi connectivity index (χ2n) is 5.75. The van der Waals surface area contributed by atoms with Crippen molar-refractivity contribution in [3.63, 3.8) is 0 Å². The Hall–Kier alpha value is -2.89. The highest BCUT2D eigenvalue weighted by molar-refractivity contribution is 6.35. The molecule has 0 fully saturated rings. The summed E-state index contributed by atoms with van der Waals surface area (Å²) in [6.07, 6.45) is 0. The summed E-state index contributed by atoms with van der Waals surface area (Å²) in [4.78, 5) is 0. The maximum absolute atomic E-state index is 13.4. The first-order valence-electron chi connectivity index (χ1n) is 7.87. The monoisotopic (exact) mass is 332 g/mol. The van der Waals surface area contributed by atoms with Gasteiger partial charge in [0, 0.05) is 10.8 Å². The molecule has 3 nitrogen and oxygen atoms in total. The van der Waals surface area contributed by atoms with Crippen LogP contribution in [0.25, 0.3) is 32.7 Å². The Morgan fingerprint density at radius 3 is 1.64 bits per heavy atom. The molecule has 0 aliphatic carbocycles. The molecular weight excluding hydrogens is 318 g/mol. The second-order valence-corrected chi connectivity index (χ2v) is 5.75. The maximum atomic E-state index is 13.4. The van der Waals surface area contributed by atoms with Crippen LogP contribution in [-0.2, 0) is 0 Å². The van der Waals surface area contributed by atoms with Gasteiger partial charge in [-0.1, -0.05) is 60.7 Å². The third kappa shape index (κ3) is 2.73. The van der Waals surface area contributed by atoms with Crippen molar-refractivity contribution >= 4 is 28.9 Å². The zero-order valence-electron chi connectivity index (χ0n) is 13.2.